The quantitative estimate of drug-likeness (QED) is 0.794. The summed E-state index contributed by atoms with van der Waals surface area (Å²) in [6.45, 7) is 2.41. The molecule has 0 aromatic heterocycles. The molecule has 4 atom stereocenters. The molecule has 0 amide bonds. The highest BCUT2D eigenvalue weighted by molar-refractivity contribution is 5.51. The topological polar surface area (TPSA) is 43.7 Å². The number of phenols is 1. The first-order valence-electron chi connectivity index (χ1n) is 11.9. The molecule has 1 saturated heterocycles. The Morgan fingerprint density at radius 1 is 1.03 bits per heavy atom. The fraction of sp³-hybridized carbons (Fsp3) is 0.556. The van der Waals surface area contributed by atoms with Crippen molar-refractivity contribution >= 4 is 0 Å². The van der Waals surface area contributed by atoms with Gasteiger partial charge in [-0.25, -0.2) is 0 Å². The molecule has 3 fully saturated rings. The summed E-state index contributed by atoms with van der Waals surface area (Å²) in [5, 5.41) is 21.4. The molecular formula is C27H33NO2. The van der Waals surface area contributed by atoms with Crippen molar-refractivity contribution in [1.82, 2.24) is 4.90 Å². The molecule has 0 spiro atoms. The molecule has 30 heavy (non-hydrogen) atoms. The number of piperidine rings is 1. The van der Waals surface area contributed by atoms with Gasteiger partial charge >= 0.3 is 0 Å². The van der Waals surface area contributed by atoms with Crippen molar-refractivity contribution < 1.29 is 10.2 Å². The molecular weight excluding hydrogens is 370 g/mol. The van der Waals surface area contributed by atoms with E-state index in [-0.39, 0.29) is 11.5 Å². The van der Waals surface area contributed by atoms with Crippen LogP contribution in [0.1, 0.15) is 60.8 Å². The van der Waals surface area contributed by atoms with Gasteiger partial charge in [0.25, 0.3) is 0 Å². The average Bonchev–Trinajstić information content (AvgIpc) is 3.55. The van der Waals surface area contributed by atoms with Crippen LogP contribution in [0.4, 0.5) is 0 Å². The average molecular weight is 404 g/mol. The van der Waals surface area contributed by atoms with Crippen LogP contribution in [0.25, 0.3) is 0 Å². The number of phenolic OH excluding ortho intramolecular Hbond substituents is 1. The van der Waals surface area contributed by atoms with E-state index in [1.165, 1.54) is 41.6 Å². The molecule has 4 aliphatic rings. The first kappa shape index (κ1) is 18.9. The van der Waals surface area contributed by atoms with Crippen LogP contribution in [0.15, 0.2) is 42.5 Å². The molecule has 2 bridgehead atoms. The number of benzene rings is 2. The number of hydrogen-bond donors (Lipinski definition) is 2. The van der Waals surface area contributed by atoms with Gasteiger partial charge in [0, 0.05) is 18.0 Å². The maximum absolute atomic E-state index is 10.7. The number of nitrogens with zero attached hydrogens (tertiary/aromatic N) is 1. The summed E-state index contributed by atoms with van der Waals surface area (Å²) in [7, 11) is 0. The van der Waals surface area contributed by atoms with Gasteiger partial charge in [-0.2, -0.15) is 0 Å². The fourth-order valence-corrected chi connectivity index (χ4v) is 7.09. The molecule has 2 saturated carbocycles. The third-order valence-corrected chi connectivity index (χ3v) is 8.60. The number of rotatable bonds is 4. The van der Waals surface area contributed by atoms with Gasteiger partial charge in [0.05, 0.1) is 6.10 Å². The third kappa shape index (κ3) is 3.09. The van der Waals surface area contributed by atoms with Crippen molar-refractivity contribution in [3.05, 3.63) is 64.7 Å². The monoisotopic (exact) mass is 403 g/mol. The maximum atomic E-state index is 10.7. The summed E-state index contributed by atoms with van der Waals surface area (Å²) in [5.74, 6) is 1.93. The molecule has 0 unspecified atom stereocenters. The van der Waals surface area contributed by atoms with Gasteiger partial charge in [0.15, 0.2) is 0 Å². The van der Waals surface area contributed by atoms with E-state index < -0.39 is 0 Å². The highest BCUT2D eigenvalue weighted by Gasteiger charge is 2.56. The standard InChI is InChI=1S/C27H33NO2/c29-21-8-9-24-26-15-23-20(12-18-4-2-1-3-5-18)13-22(30)14-25(23)27(24,16-21)10-11-28(26)17-19-6-7-19/h1-5,13-14,19,21,24,26,29-30H,6-12,15-17H2/t21-,24+,26-,27+/m1/s1. The highest BCUT2D eigenvalue weighted by atomic mass is 16.3. The minimum absolute atomic E-state index is 0.0418. The lowest BCUT2D eigenvalue weighted by Gasteiger charge is -2.60. The zero-order chi connectivity index (χ0) is 20.3. The Balaban J connectivity index is 1.45. The minimum Gasteiger partial charge on any atom is -0.508 e. The van der Waals surface area contributed by atoms with Crippen LogP contribution in [-0.2, 0) is 18.3 Å². The van der Waals surface area contributed by atoms with Crippen LogP contribution < -0.4 is 0 Å². The number of aliphatic hydroxyl groups excluding tert-OH is 1. The maximum Gasteiger partial charge on any atom is 0.116 e. The molecule has 2 aromatic carbocycles. The number of likely N-dealkylation sites (tertiary alicyclic amines) is 1. The van der Waals surface area contributed by atoms with Crippen molar-refractivity contribution in [2.24, 2.45) is 11.8 Å². The Hall–Kier alpha value is -1.84. The van der Waals surface area contributed by atoms with E-state index in [0.29, 0.717) is 17.7 Å². The lowest BCUT2D eigenvalue weighted by atomic mass is 9.51. The molecule has 3 heteroatoms. The molecule has 0 radical (unpaired) electrons. The van der Waals surface area contributed by atoms with Gasteiger partial charge < -0.3 is 10.2 Å². The summed E-state index contributed by atoms with van der Waals surface area (Å²) in [5.41, 5.74) is 5.45. The Kier molecular flexibility index (Phi) is 4.47. The second-order valence-corrected chi connectivity index (χ2v) is 10.5. The summed E-state index contributed by atoms with van der Waals surface area (Å²) in [4.78, 5) is 2.81. The number of fused-ring (bicyclic) bond motifs is 1. The second-order valence-electron chi connectivity index (χ2n) is 10.5. The van der Waals surface area contributed by atoms with Gasteiger partial charge in [-0.1, -0.05) is 30.3 Å². The van der Waals surface area contributed by atoms with Crippen LogP contribution in [0.2, 0.25) is 0 Å². The fourth-order valence-electron chi connectivity index (χ4n) is 7.09. The van der Waals surface area contributed by atoms with Gasteiger partial charge in [0.1, 0.15) is 5.75 Å². The van der Waals surface area contributed by atoms with Crippen molar-refractivity contribution in [2.75, 3.05) is 13.1 Å². The Labute approximate surface area is 179 Å². The van der Waals surface area contributed by atoms with E-state index >= 15 is 0 Å². The number of hydrogen-bond acceptors (Lipinski definition) is 3. The Bertz CT molecular complexity index is 937. The summed E-state index contributed by atoms with van der Waals surface area (Å²) >= 11 is 0. The van der Waals surface area contributed by atoms with E-state index in [1.54, 1.807) is 0 Å². The van der Waals surface area contributed by atoms with E-state index in [0.717, 1.165) is 51.0 Å². The van der Waals surface area contributed by atoms with Crippen LogP contribution in [0.3, 0.4) is 0 Å². The summed E-state index contributed by atoms with van der Waals surface area (Å²) in [6.07, 6.45) is 8.63. The smallest absolute Gasteiger partial charge is 0.116 e. The van der Waals surface area contributed by atoms with Crippen molar-refractivity contribution in [3.63, 3.8) is 0 Å². The molecule has 2 N–H and O–H groups in total. The van der Waals surface area contributed by atoms with Crippen LogP contribution in [0.5, 0.6) is 5.75 Å². The molecule has 3 aliphatic carbocycles. The van der Waals surface area contributed by atoms with Gasteiger partial charge in [0.2, 0.25) is 0 Å². The van der Waals surface area contributed by atoms with Crippen molar-refractivity contribution in [1.29, 1.82) is 0 Å². The Morgan fingerprint density at radius 2 is 1.87 bits per heavy atom. The van der Waals surface area contributed by atoms with E-state index in [4.69, 9.17) is 0 Å². The van der Waals surface area contributed by atoms with Gasteiger partial charge in [-0.15, -0.1) is 0 Å². The van der Waals surface area contributed by atoms with Gasteiger partial charge in [-0.05, 0) is 104 Å². The number of aromatic hydroxyl groups is 1. The molecule has 3 nitrogen and oxygen atoms in total. The number of aliphatic hydroxyl groups is 1. The second kappa shape index (κ2) is 7.10. The van der Waals surface area contributed by atoms with Crippen molar-refractivity contribution in [2.45, 2.75) is 68.9 Å². The Morgan fingerprint density at radius 3 is 2.67 bits per heavy atom. The molecule has 1 heterocycles. The van der Waals surface area contributed by atoms with Crippen LogP contribution in [0, 0.1) is 11.8 Å². The first-order chi connectivity index (χ1) is 14.6. The third-order valence-electron chi connectivity index (χ3n) is 8.60. The lowest BCUT2D eigenvalue weighted by Crippen LogP contribution is -2.62. The van der Waals surface area contributed by atoms with Gasteiger partial charge in [-0.3, -0.25) is 4.90 Å². The molecule has 2 aromatic rings. The summed E-state index contributed by atoms with van der Waals surface area (Å²) < 4.78 is 0. The highest BCUT2D eigenvalue weighted by Crippen LogP contribution is 2.57. The van der Waals surface area contributed by atoms with E-state index in [1.807, 2.05) is 6.07 Å². The zero-order valence-corrected chi connectivity index (χ0v) is 17.8. The molecule has 158 valence electrons. The van der Waals surface area contributed by atoms with Crippen LogP contribution in [-0.4, -0.2) is 40.3 Å². The lowest BCUT2D eigenvalue weighted by molar-refractivity contribution is -0.0496. The molecule has 6 rings (SSSR count). The largest absolute Gasteiger partial charge is 0.508 e. The minimum atomic E-state index is -0.206. The van der Waals surface area contributed by atoms with E-state index in [2.05, 4.69) is 41.3 Å². The normalized spacial score (nSPS) is 33.0. The van der Waals surface area contributed by atoms with Crippen LogP contribution >= 0.6 is 0 Å². The SMILES string of the molecule is Oc1cc(Cc2ccccc2)c2c(c1)[C@]13CCN(CC4CC4)[C@H](C2)[C@@H]1CC[C@@H](O)C3. The summed E-state index contributed by atoms with van der Waals surface area (Å²) in [6, 6.07) is 15.3. The van der Waals surface area contributed by atoms with Crippen molar-refractivity contribution in [3.8, 4) is 5.75 Å². The first-order valence-corrected chi connectivity index (χ1v) is 11.9. The molecule has 1 aliphatic heterocycles. The predicted octanol–water partition coefficient (Wildman–Crippen LogP) is 4.42. The zero-order valence-electron chi connectivity index (χ0n) is 17.8. The van der Waals surface area contributed by atoms with E-state index in [9.17, 15) is 10.2 Å². The predicted molar refractivity (Wildman–Crippen MR) is 119 cm³/mol.